The van der Waals surface area contributed by atoms with Crippen LogP contribution in [0.5, 0.6) is 0 Å². The standard InChI is InChI=1S/C25H30Cl2N4O3/c1-16-9-11-30(12-10-16)15-17(2)14-28-23(32)25(34)19-5-3-4-6-22(19)29-24(33)31(25)18-7-8-20(26)21(27)13-18/h3-8,13,16-17,34H,9-12,14-15H2,1-2H3,(H,28,32)(H,29,33)/t17-,25-/m0/s1. The molecular weight excluding hydrogens is 475 g/mol. The summed E-state index contributed by atoms with van der Waals surface area (Å²) in [5.41, 5.74) is -1.38. The summed E-state index contributed by atoms with van der Waals surface area (Å²) in [6.45, 7) is 7.69. The predicted molar refractivity (Wildman–Crippen MR) is 135 cm³/mol. The molecule has 0 bridgehead atoms. The maximum atomic E-state index is 13.5. The molecule has 2 heterocycles. The highest BCUT2D eigenvalue weighted by molar-refractivity contribution is 6.42. The van der Waals surface area contributed by atoms with Gasteiger partial charge in [0, 0.05) is 18.7 Å². The molecule has 7 nitrogen and oxygen atoms in total. The van der Waals surface area contributed by atoms with Crippen LogP contribution in [0.2, 0.25) is 10.0 Å². The van der Waals surface area contributed by atoms with Gasteiger partial charge in [-0.25, -0.2) is 4.79 Å². The summed E-state index contributed by atoms with van der Waals surface area (Å²) in [6.07, 6.45) is 2.37. The Labute approximate surface area is 210 Å². The molecule has 2 aliphatic rings. The van der Waals surface area contributed by atoms with Crippen molar-refractivity contribution in [1.29, 1.82) is 0 Å². The zero-order chi connectivity index (χ0) is 24.5. The number of benzene rings is 2. The van der Waals surface area contributed by atoms with E-state index in [-0.39, 0.29) is 22.2 Å². The number of nitrogens with one attached hydrogen (secondary N) is 2. The third kappa shape index (κ3) is 4.89. The van der Waals surface area contributed by atoms with Gasteiger partial charge in [-0.3, -0.25) is 9.69 Å². The first-order chi connectivity index (χ1) is 16.2. The number of urea groups is 1. The minimum Gasteiger partial charge on any atom is -0.359 e. The van der Waals surface area contributed by atoms with Gasteiger partial charge < -0.3 is 20.6 Å². The molecule has 1 saturated heterocycles. The SMILES string of the molecule is CC1CCN(C[C@@H](C)CNC(=O)[C@@]2(O)c3ccccc3NC(=O)N2c2ccc(Cl)c(Cl)c2)CC1. The summed E-state index contributed by atoms with van der Waals surface area (Å²) in [4.78, 5) is 30.1. The highest BCUT2D eigenvalue weighted by atomic mass is 35.5. The summed E-state index contributed by atoms with van der Waals surface area (Å²) in [7, 11) is 0. The van der Waals surface area contributed by atoms with E-state index in [1.54, 1.807) is 30.3 Å². The summed E-state index contributed by atoms with van der Waals surface area (Å²) >= 11 is 12.2. The number of piperidine rings is 1. The maximum Gasteiger partial charge on any atom is 0.329 e. The van der Waals surface area contributed by atoms with E-state index < -0.39 is 17.7 Å². The molecule has 34 heavy (non-hydrogen) atoms. The quantitative estimate of drug-likeness (QED) is 0.533. The van der Waals surface area contributed by atoms with Gasteiger partial charge >= 0.3 is 6.03 Å². The van der Waals surface area contributed by atoms with Gasteiger partial charge in [-0.05, 0) is 62.0 Å². The van der Waals surface area contributed by atoms with Crippen molar-refractivity contribution in [3.8, 4) is 0 Å². The highest BCUT2D eigenvalue weighted by Gasteiger charge is 2.52. The largest absolute Gasteiger partial charge is 0.359 e. The Morgan fingerprint density at radius 2 is 1.91 bits per heavy atom. The molecule has 3 amide bonds. The van der Waals surface area contributed by atoms with Crippen LogP contribution in [-0.2, 0) is 10.5 Å². The Hall–Kier alpha value is -2.32. The summed E-state index contributed by atoms with van der Waals surface area (Å²) in [6, 6.07) is 10.6. The molecule has 9 heteroatoms. The van der Waals surface area contributed by atoms with Crippen molar-refractivity contribution >= 4 is 46.5 Å². The van der Waals surface area contributed by atoms with Gasteiger partial charge in [0.25, 0.3) is 11.6 Å². The number of amides is 3. The number of anilines is 2. The third-order valence-electron chi connectivity index (χ3n) is 6.61. The van der Waals surface area contributed by atoms with Crippen molar-refractivity contribution in [1.82, 2.24) is 10.2 Å². The number of aliphatic hydroxyl groups is 1. The second kappa shape index (κ2) is 10.1. The highest BCUT2D eigenvalue weighted by Crippen LogP contribution is 2.41. The van der Waals surface area contributed by atoms with Crippen molar-refractivity contribution < 1.29 is 14.7 Å². The number of carbonyl (C=O) groups excluding carboxylic acids is 2. The van der Waals surface area contributed by atoms with Crippen LogP contribution in [0, 0.1) is 11.8 Å². The van der Waals surface area contributed by atoms with Crippen LogP contribution in [0.4, 0.5) is 16.2 Å². The fourth-order valence-corrected chi connectivity index (χ4v) is 4.92. The molecule has 2 atom stereocenters. The first-order valence-corrected chi connectivity index (χ1v) is 12.3. The van der Waals surface area contributed by atoms with Crippen molar-refractivity contribution in [2.24, 2.45) is 11.8 Å². The first-order valence-electron chi connectivity index (χ1n) is 11.6. The maximum absolute atomic E-state index is 13.5. The zero-order valence-corrected chi connectivity index (χ0v) is 20.9. The van der Waals surface area contributed by atoms with Crippen LogP contribution >= 0.6 is 23.2 Å². The molecule has 0 aliphatic carbocycles. The second-order valence-electron chi connectivity index (χ2n) is 9.38. The average Bonchev–Trinajstić information content (AvgIpc) is 2.81. The summed E-state index contributed by atoms with van der Waals surface area (Å²) in [5.74, 6) is 0.248. The monoisotopic (exact) mass is 504 g/mol. The lowest BCUT2D eigenvalue weighted by molar-refractivity contribution is -0.140. The van der Waals surface area contributed by atoms with Gasteiger partial charge in [0.15, 0.2) is 0 Å². The smallest absolute Gasteiger partial charge is 0.329 e. The minimum absolute atomic E-state index is 0.173. The van der Waals surface area contributed by atoms with Crippen LogP contribution in [0.15, 0.2) is 42.5 Å². The number of halogens is 2. The van der Waals surface area contributed by atoms with Crippen LogP contribution in [-0.4, -0.2) is 48.1 Å². The molecule has 182 valence electrons. The number of rotatable bonds is 6. The van der Waals surface area contributed by atoms with E-state index in [9.17, 15) is 14.7 Å². The number of hydrogen-bond acceptors (Lipinski definition) is 4. The number of hydrogen-bond donors (Lipinski definition) is 3. The Bertz CT molecular complexity index is 1070. The molecule has 2 aromatic carbocycles. The van der Waals surface area contributed by atoms with Crippen LogP contribution in [0.3, 0.4) is 0 Å². The van der Waals surface area contributed by atoms with Gasteiger partial charge in [0.05, 0.1) is 21.4 Å². The van der Waals surface area contributed by atoms with Gasteiger partial charge in [-0.2, -0.15) is 0 Å². The molecule has 0 radical (unpaired) electrons. The summed E-state index contributed by atoms with van der Waals surface area (Å²) < 4.78 is 0. The molecule has 0 aromatic heterocycles. The number of nitrogens with zero attached hydrogens (tertiary/aromatic N) is 2. The predicted octanol–water partition coefficient (Wildman–Crippen LogP) is 4.67. The first kappa shape index (κ1) is 24.8. The lowest BCUT2D eigenvalue weighted by Gasteiger charge is -2.43. The molecule has 0 unspecified atom stereocenters. The number of likely N-dealkylation sites (tertiary alicyclic amines) is 1. The van der Waals surface area contributed by atoms with Gasteiger partial charge in [-0.15, -0.1) is 0 Å². The van der Waals surface area contributed by atoms with E-state index in [0.717, 1.165) is 30.5 Å². The molecule has 0 spiro atoms. The van der Waals surface area contributed by atoms with Crippen molar-refractivity contribution in [3.05, 3.63) is 58.1 Å². The van der Waals surface area contributed by atoms with Crippen molar-refractivity contribution in [2.45, 2.75) is 32.4 Å². The van der Waals surface area contributed by atoms with Crippen LogP contribution in [0.1, 0.15) is 32.3 Å². The number of para-hydroxylation sites is 1. The Morgan fingerprint density at radius 1 is 1.21 bits per heavy atom. The molecule has 1 fully saturated rings. The Balaban J connectivity index is 1.58. The molecule has 4 rings (SSSR count). The molecular formula is C25H30Cl2N4O3. The normalized spacial score (nSPS) is 22.1. The lowest BCUT2D eigenvalue weighted by Crippen LogP contribution is -2.63. The molecule has 3 N–H and O–H groups in total. The average molecular weight is 505 g/mol. The third-order valence-corrected chi connectivity index (χ3v) is 7.35. The van der Waals surface area contributed by atoms with E-state index in [1.165, 1.54) is 25.0 Å². The van der Waals surface area contributed by atoms with Crippen molar-refractivity contribution in [2.75, 3.05) is 36.4 Å². The van der Waals surface area contributed by atoms with E-state index in [0.29, 0.717) is 17.3 Å². The fourth-order valence-electron chi connectivity index (χ4n) is 4.63. The summed E-state index contributed by atoms with van der Waals surface area (Å²) in [5, 5.41) is 18.0. The van der Waals surface area contributed by atoms with E-state index in [4.69, 9.17) is 23.2 Å². The van der Waals surface area contributed by atoms with Crippen LogP contribution in [0.25, 0.3) is 0 Å². The lowest BCUT2D eigenvalue weighted by atomic mass is 9.94. The Kier molecular flexibility index (Phi) is 7.38. The van der Waals surface area contributed by atoms with Crippen molar-refractivity contribution in [3.63, 3.8) is 0 Å². The molecule has 0 saturated carbocycles. The molecule has 2 aliphatic heterocycles. The number of fused-ring (bicyclic) bond motifs is 1. The van der Waals surface area contributed by atoms with Crippen LogP contribution < -0.4 is 15.5 Å². The Morgan fingerprint density at radius 3 is 2.62 bits per heavy atom. The second-order valence-corrected chi connectivity index (χ2v) is 10.2. The fraction of sp³-hybridized carbons (Fsp3) is 0.440. The van der Waals surface area contributed by atoms with Gasteiger partial charge in [-0.1, -0.05) is 55.2 Å². The van der Waals surface area contributed by atoms with E-state index in [2.05, 4.69) is 29.4 Å². The van der Waals surface area contributed by atoms with Gasteiger partial charge in [0.1, 0.15) is 0 Å². The van der Waals surface area contributed by atoms with Gasteiger partial charge in [0.2, 0.25) is 0 Å². The van der Waals surface area contributed by atoms with E-state index in [1.807, 2.05) is 0 Å². The zero-order valence-electron chi connectivity index (χ0n) is 19.4. The van der Waals surface area contributed by atoms with E-state index >= 15 is 0 Å². The number of carbonyl (C=O) groups is 2. The topological polar surface area (TPSA) is 84.9 Å². The molecule has 2 aromatic rings. The minimum atomic E-state index is -2.27.